The molecule has 0 spiro atoms. The van der Waals surface area contributed by atoms with Crippen LogP contribution in [0, 0.1) is 0 Å². The number of carbonyl (C=O) groups is 1. The van der Waals surface area contributed by atoms with Crippen molar-refractivity contribution in [2.24, 2.45) is 0 Å². The van der Waals surface area contributed by atoms with Crippen molar-refractivity contribution < 1.29 is 9.53 Å². The average Bonchev–Trinajstić information content (AvgIpc) is 2.52. The molecule has 0 bridgehead atoms. The Balaban J connectivity index is 2.05. The Bertz CT molecular complexity index is 657. The quantitative estimate of drug-likeness (QED) is 0.861. The molecule has 1 aromatic carbocycles. The Hall–Kier alpha value is -2.27. The molecule has 0 unspecified atom stereocenters. The standard InChI is InChI=1S/C16H18ClN3O2/c1-20(2)15-9-12(8-14(17)19-15)16(21)18-10-11-4-6-13(22-3)7-5-11/h4-9H,10H2,1-3H3,(H,18,21). The van der Waals surface area contributed by atoms with E-state index in [1.54, 1.807) is 24.1 Å². The van der Waals surface area contributed by atoms with Gasteiger partial charge in [-0.2, -0.15) is 0 Å². The molecule has 0 atom stereocenters. The maximum absolute atomic E-state index is 12.2. The van der Waals surface area contributed by atoms with Crippen molar-refractivity contribution in [1.82, 2.24) is 10.3 Å². The molecule has 0 aliphatic rings. The first-order valence-corrected chi connectivity index (χ1v) is 7.13. The van der Waals surface area contributed by atoms with Crippen LogP contribution in [0.3, 0.4) is 0 Å². The fourth-order valence-corrected chi connectivity index (χ4v) is 2.08. The predicted octanol–water partition coefficient (Wildman–Crippen LogP) is 2.74. The van der Waals surface area contributed by atoms with Gasteiger partial charge >= 0.3 is 0 Å². The lowest BCUT2D eigenvalue weighted by Crippen LogP contribution is -2.23. The third kappa shape index (κ3) is 4.11. The molecule has 1 aromatic heterocycles. The van der Waals surface area contributed by atoms with Gasteiger partial charge in [0.25, 0.3) is 5.91 Å². The monoisotopic (exact) mass is 319 g/mol. The lowest BCUT2D eigenvalue weighted by molar-refractivity contribution is 0.0951. The van der Waals surface area contributed by atoms with Gasteiger partial charge in [0.05, 0.1) is 7.11 Å². The number of benzene rings is 1. The molecule has 0 fully saturated rings. The molecule has 0 aliphatic heterocycles. The van der Waals surface area contributed by atoms with Gasteiger partial charge in [-0.25, -0.2) is 4.98 Å². The van der Waals surface area contributed by atoms with Gasteiger partial charge in [0.15, 0.2) is 0 Å². The van der Waals surface area contributed by atoms with Crippen molar-refractivity contribution in [3.63, 3.8) is 0 Å². The molecule has 22 heavy (non-hydrogen) atoms. The summed E-state index contributed by atoms with van der Waals surface area (Å²) in [5, 5.41) is 3.15. The van der Waals surface area contributed by atoms with Crippen LogP contribution in [0.5, 0.6) is 5.75 Å². The highest BCUT2D eigenvalue weighted by atomic mass is 35.5. The number of carbonyl (C=O) groups excluding carboxylic acids is 1. The van der Waals surface area contributed by atoms with Crippen molar-refractivity contribution in [3.05, 3.63) is 52.7 Å². The minimum absolute atomic E-state index is 0.191. The van der Waals surface area contributed by atoms with E-state index in [2.05, 4.69) is 10.3 Å². The van der Waals surface area contributed by atoms with Crippen LogP contribution in [0.1, 0.15) is 15.9 Å². The smallest absolute Gasteiger partial charge is 0.251 e. The molecule has 0 radical (unpaired) electrons. The van der Waals surface area contributed by atoms with Crippen LogP contribution in [-0.4, -0.2) is 32.1 Å². The molecule has 1 heterocycles. The maximum atomic E-state index is 12.2. The van der Waals surface area contributed by atoms with Crippen LogP contribution in [0.4, 0.5) is 5.82 Å². The van der Waals surface area contributed by atoms with Crippen molar-refractivity contribution in [2.45, 2.75) is 6.54 Å². The fraction of sp³-hybridized carbons (Fsp3) is 0.250. The van der Waals surface area contributed by atoms with E-state index >= 15 is 0 Å². The zero-order valence-corrected chi connectivity index (χ0v) is 13.5. The average molecular weight is 320 g/mol. The van der Waals surface area contributed by atoms with E-state index < -0.39 is 0 Å². The summed E-state index contributed by atoms with van der Waals surface area (Å²) >= 11 is 5.96. The first kappa shape index (κ1) is 16.1. The molecule has 1 amide bonds. The predicted molar refractivity (Wildman–Crippen MR) is 87.7 cm³/mol. The van der Waals surface area contributed by atoms with E-state index in [1.165, 1.54) is 0 Å². The van der Waals surface area contributed by atoms with Gasteiger partial charge < -0.3 is 15.0 Å². The summed E-state index contributed by atoms with van der Waals surface area (Å²) in [6.07, 6.45) is 0. The summed E-state index contributed by atoms with van der Waals surface area (Å²) in [5.41, 5.74) is 1.47. The number of methoxy groups -OCH3 is 1. The number of rotatable bonds is 5. The number of amides is 1. The summed E-state index contributed by atoms with van der Waals surface area (Å²) in [7, 11) is 5.31. The van der Waals surface area contributed by atoms with Gasteiger partial charge in [-0.15, -0.1) is 0 Å². The Morgan fingerprint density at radius 1 is 1.27 bits per heavy atom. The number of ether oxygens (including phenoxy) is 1. The Morgan fingerprint density at radius 2 is 1.95 bits per heavy atom. The maximum Gasteiger partial charge on any atom is 0.251 e. The number of aromatic nitrogens is 1. The minimum Gasteiger partial charge on any atom is -0.497 e. The summed E-state index contributed by atoms with van der Waals surface area (Å²) in [5.74, 6) is 1.23. The third-order valence-electron chi connectivity index (χ3n) is 3.11. The minimum atomic E-state index is -0.191. The Morgan fingerprint density at radius 3 is 2.55 bits per heavy atom. The van der Waals surface area contributed by atoms with E-state index in [4.69, 9.17) is 16.3 Å². The molecule has 0 saturated carbocycles. The number of hydrogen-bond acceptors (Lipinski definition) is 4. The van der Waals surface area contributed by atoms with Gasteiger partial charge in [0.1, 0.15) is 16.7 Å². The van der Waals surface area contributed by atoms with Crippen LogP contribution in [-0.2, 0) is 6.54 Å². The molecule has 0 aliphatic carbocycles. The summed E-state index contributed by atoms with van der Waals surface area (Å²) in [6.45, 7) is 0.431. The van der Waals surface area contributed by atoms with Crippen LogP contribution in [0.15, 0.2) is 36.4 Å². The number of nitrogens with one attached hydrogen (secondary N) is 1. The van der Waals surface area contributed by atoms with E-state index in [0.29, 0.717) is 23.1 Å². The zero-order valence-electron chi connectivity index (χ0n) is 12.8. The van der Waals surface area contributed by atoms with Crippen LogP contribution in [0.25, 0.3) is 0 Å². The van der Waals surface area contributed by atoms with Crippen LogP contribution < -0.4 is 15.0 Å². The fourth-order valence-electron chi connectivity index (χ4n) is 1.87. The second kappa shape index (κ2) is 7.13. The van der Waals surface area contributed by atoms with Gasteiger partial charge in [-0.1, -0.05) is 23.7 Å². The first-order valence-electron chi connectivity index (χ1n) is 6.75. The largest absolute Gasteiger partial charge is 0.497 e. The van der Waals surface area contributed by atoms with Crippen molar-refractivity contribution in [3.8, 4) is 5.75 Å². The molecule has 116 valence electrons. The number of anilines is 1. The number of nitrogens with zero attached hydrogens (tertiary/aromatic N) is 2. The first-order chi connectivity index (χ1) is 10.5. The van der Waals surface area contributed by atoms with Gasteiger partial charge in [-0.05, 0) is 29.8 Å². The van der Waals surface area contributed by atoms with Gasteiger partial charge in [0, 0.05) is 26.2 Å². The molecule has 5 nitrogen and oxygen atoms in total. The molecular formula is C16H18ClN3O2. The topological polar surface area (TPSA) is 54.5 Å². The van der Waals surface area contributed by atoms with E-state index in [9.17, 15) is 4.79 Å². The summed E-state index contributed by atoms with van der Waals surface area (Å²) < 4.78 is 5.10. The number of pyridine rings is 1. The highest BCUT2D eigenvalue weighted by molar-refractivity contribution is 6.29. The number of halogens is 1. The van der Waals surface area contributed by atoms with Gasteiger partial charge in [-0.3, -0.25) is 4.79 Å². The molecule has 1 N–H and O–H groups in total. The third-order valence-corrected chi connectivity index (χ3v) is 3.31. The lowest BCUT2D eigenvalue weighted by Gasteiger charge is -2.13. The second-order valence-corrected chi connectivity index (χ2v) is 5.35. The normalized spacial score (nSPS) is 10.2. The van der Waals surface area contributed by atoms with Crippen LogP contribution in [0.2, 0.25) is 5.15 Å². The molecule has 0 saturated heterocycles. The van der Waals surface area contributed by atoms with Crippen molar-refractivity contribution in [2.75, 3.05) is 26.1 Å². The Labute approximate surface area is 134 Å². The highest BCUT2D eigenvalue weighted by Gasteiger charge is 2.10. The number of hydrogen-bond donors (Lipinski definition) is 1. The molecular weight excluding hydrogens is 302 g/mol. The van der Waals surface area contributed by atoms with Crippen molar-refractivity contribution >= 4 is 23.3 Å². The summed E-state index contributed by atoms with van der Waals surface area (Å²) in [6, 6.07) is 10.8. The molecule has 6 heteroatoms. The SMILES string of the molecule is COc1ccc(CNC(=O)c2cc(Cl)nc(N(C)C)c2)cc1. The van der Waals surface area contributed by atoms with E-state index in [0.717, 1.165) is 11.3 Å². The van der Waals surface area contributed by atoms with Gasteiger partial charge in [0.2, 0.25) is 0 Å². The highest BCUT2D eigenvalue weighted by Crippen LogP contribution is 2.17. The van der Waals surface area contributed by atoms with E-state index in [1.807, 2.05) is 38.4 Å². The molecule has 2 rings (SSSR count). The molecule has 2 aromatic rings. The van der Waals surface area contributed by atoms with Crippen LogP contribution >= 0.6 is 11.6 Å². The lowest BCUT2D eigenvalue weighted by atomic mass is 10.2. The summed E-state index contributed by atoms with van der Waals surface area (Å²) in [4.78, 5) is 18.2. The second-order valence-electron chi connectivity index (χ2n) is 4.96. The zero-order chi connectivity index (χ0) is 16.1. The van der Waals surface area contributed by atoms with E-state index in [-0.39, 0.29) is 5.91 Å². The van der Waals surface area contributed by atoms with Crippen molar-refractivity contribution in [1.29, 1.82) is 0 Å². The Kier molecular flexibility index (Phi) is 5.22.